The lowest BCUT2D eigenvalue weighted by molar-refractivity contribution is -0.140. The van der Waals surface area contributed by atoms with Gasteiger partial charge in [0.1, 0.15) is 17.9 Å². The fraction of sp³-hybridized carbons (Fsp3) is 0.333. The van der Waals surface area contributed by atoms with E-state index >= 15 is 0 Å². The maximum absolute atomic E-state index is 12.1. The minimum atomic E-state index is -1.16. The first kappa shape index (κ1) is 13.0. The molecule has 0 radical (unpaired) electrons. The van der Waals surface area contributed by atoms with Crippen LogP contribution in [0.5, 0.6) is 0 Å². The van der Waals surface area contributed by atoms with Gasteiger partial charge >= 0.3 is 5.97 Å². The molecule has 0 fully saturated rings. The summed E-state index contributed by atoms with van der Waals surface area (Å²) in [7, 11) is 0. The number of aliphatic carboxylic acids is 1. The first-order valence-corrected chi connectivity index (χ1v) is 5.69. The zero-order chi connectivity index (χ0) is 14.0. The summed E-state index contributed by atoms with van der Waals surface area (Å²) >= 11 is 0. The standard InChI is InChI=1S/C12H13N3O4/c1-12(11(19)13-7-10(17)18)6-9(16)14-8-4-2-3-5-15(8)12/h2-5H,6-7H2,1H3,(H,13,19)(H,17,18). The third-order valence-electron chi connectivity index (χ3n) is 2.99. The fourth-order valence-corrected chi connectivity index (χ4v) is 2.03. The number of amidine groups is 1. The Kier molecular flexibility index (Phi) is 3.20. The number of nitrogens with zero attached hydrogens (tertiary/aromatic N) is 2. The van der Waals surface area contributed by atoms with Crippen LogP contribution in [0.2, 0.25) is 0 Å². The molecule has 100 valence electrons. The molecule has 0 aromatic carbocycles. The van der Waals surface area contributed by atoms with Crippen LogP contribution in [0.3, 0.4) is 0 Å². The number of hydrogen-bond donors (Lipinski definition) is 2. The lowest BCUT2D eigenvalue weighted by atomic mass is 9.91. The third kappa shape index (κ3) is 2.40. The van der Waals surface area contributed by atoms with Crippen LogP contribution in [0.4, 0.5) is 0 Å². The molecular formula is C12H13N3O4. The van der Waals surface area contributed by atoms with Crippen LogP contribution in [-0.2, 0) is 14.4 Å². The Hall–Kier alpha value is -2.44. The van der Waals surface area contributed by atoms with Gasteiger partial charge in [-0.2, -0.15) is 4.99 Å². The highest BCUT2D eigenvalue weighted by atomic mass is 16.4. The molecular weight excluding hydrogens is 250 g/mol. The zero-order valence-corrected chi connectivity index (χ0v) is 10.3. The van der Waals surface area contributed by atoms with Crippen molar-refractivity contribution in [3.8, 4) is 0 Å². The molecule has 2 rings (SSSR count). The first-order chi connectivity index (χ1) is 8.93. The molecule has 2 aliphatic rings. The van der Waals surface area contributed by atoms with Gasteiger partial charge in [-0.1, -0.05) is 6.08 Å². The minimum absolute atomic E-state index is 0.0971. The van der Waals surface area contributed by atoms with E-state index in [0.29, 0.717) is 5.84 Å². The second-order valence-electron chi connectivity index (χ2n) is 4.46. The van der Waals surface area contributed by atoms with Crippen LogP contribution < -0.4 is 5.32 Å². The molecule has 0 aromatic rings. The third-order valence-corrected chi connectivity index (χ3v) is 2.99. The Bertz CT molecular complexity index is 535. The van der Waals surface area contributed by atoms with Crippen LogP contribution in [0.1, 0.15) is 13.3 Å². The summed E-state index contributed by atoms with van der Waals surface area (Å²) in [6.07, 6.45) is 6.60. The van der Waals surface area contributed by atoms with E-state index in [4.69, 9.17) is 5.11 Å². The van der Waals surface area contributed by atoms with Gasteiger partial charge in [0, 0.05) is 6.20 Å². The summed E-state index contributed by atoms with van der Waals surface area (Å²) in [5.74, 6) is -1.68. The summed E-state index contributed by atoms with van der Waals surface area (Å²) in [5, 5.41) is 10.9. The van der Waals surface area contributed by atoms with Crippen molar-refractivity contribution in [2.75, 3.05) is 6.54 Å². The minimum Gasteiger partial charge on any atom is -0.480 e. The lowest BCUT2D eigenvalue weighted by Crippen LogP contribution is -2.60. The van der Waals surface area contributed by atoms with Crippen molar-refractivity contribution >= 4 is 23.6 Å². The van der Waals surface area contributed by atoms with Crippen molar-refractivity contribution in [3.63, 3.8) is 0 Å². The molecule has 2 heterocycles. The first-order valence-electron chi connectivity index (χ1n) is 5.69. The largest absolute Gasteiger partial charge is 0.480 e. The number of allylic oxidation sites excluding steroid dienone is 2. The number of rotatable bonds is 3. The number of carboxylic acids is 1. The van der Waals surface area contributed by atoms with Gasteiger partial charge < -0.3 is 15.3 Å². The predicted molar refractivity (Wildman–Crippen MR) is 66.2 cm³/mol. The maximum atomic E-state index is 12.1. The van der Waals surface area contributed by atoms with E-state index in [1.54, 1.807) is 36.3 Å². The second-order valence-corrected chi connectivity index (χ2v) is 4.46. The second kappa shape index (κ2) is 4.68. The summed E-state index contributed by atoms with van der Waals surface area (Å²) in [4.78, 5) is 39.7. The smallest absolute Gasteiger partial charge is 0.322 e. The van der Waals surface area contributed by atoms with E-state index in [1.807, 2.05) is 0 Å². The van der Waals surface area contributed by atoms with Crippen LogP contribution in [0.25, 0.3) is 0 Å². The number of fused-ring (bicyclic) bond motifs is 1. The molecule has 0 bridgehead atoms. The number of carboxylic acid groups (broad SMARTS) is 1. The Balaban J connectivity index is 2.26. The molecule has 0 spiro atoms. The van der Waals surface area contributed by atoms with E-state index in [0.717, 1.165) is 0 Å². The topological polar surface area (TPSA) is 99.1 Å². The molecule has 7 nitrogen and oxygen atoms in total. The van der Waals surface area contributed by atoms with Crippen molar-refractivity contribution in [2.24, 2.45) is 4.99 Å². The molecule has 7 heteroatoms. The van der Waals surface area contributed by atoms with Crippen molar-refractivity contribution in [3.05, 3.63) is 24.4 Å². The molecule has 1 unspecified atom stereocenters. The van der Waals surface area contributed by atoms with Gasteiger partial charge in [0.05, 0.1) is 6.42 Å². The van der Waals surface area contributed by atoms with Gasteiger partial charge in [0.2, 0.25) is 5.91 Å². The summed E-state index contributed by atoms with van der Waals surface area (Å²) < 4.78 is 0. The van der Waals surface area contributed by atoms with E-state index in [9.17, 15) is 14.4 Å². The fourth-order valence-electron chi connectivity index (χ4n) is 2.03. The highest BCUT2D eigenvalue weighted by Gasteiger charge is 2.45. The van der Waals surface area contributed by atoms with Gasteiger partial charge in [-0.3, -0.25) is 14.4 Å². The van der Waals surface area contributed by atoms with Crippen molar-refractivity contribution in [2.45, 2.75) is 18.9 Å². The van der Waals surface area contributed by atoms with E-state index in [2.05, 4.69) is 10.3 Å². The number of carbonyl (C=O) groups excluding carboxylic acids is 2. The quantitative estimate of drug-likeness (QED) is 0.725. The van der Waals surface area contributed by atoms with Gasteiger partial charge in [-0.25, -0.2) is 0 Å². The average molecular weight is 263 g/mol. The lowest BCUT2D eigenvalue weighted by Gasteiger charge is -2.41. The number of amides is 2. The molecule has 1 atom stereocenters. The van der Waals surface area contributed by atoms with E-state index < -0.39 is 29.9 Å². The molecule has 2 amide bonds. The number of aliphatic imine (C=N–C) groups is 1. The van der Waals surface area contributed by atoms with Gasteiger partial charge in [0.25, 0.3) is 5.91 Å². The number of carbonyl (C=O) groups is 3. The van der Waals surface area contributed by atoms with Gasteiger partial charge in [-0.15, -0.1) is 0 Å². The number of hydrogen-bond acceptors (Lipinski definition) is 4. The average Bonchev–Trinajstić information content (AvgIpc) is 2.35. The predicted octanol–water partition coefficient (Wildman–Crippen LogP) is -0.340. The van der Waals surface area contributed by atoms with Crippen molar-refractivity contribution in [1.29, 1.82) is 0 Å². The SMILES string of the molecule is CC1(C(=O)NCC(=O)O)CC(=O)N=C2C=CC=CN21. The summed E-state index contributed by atoms with van der Waals surface area (Å²) in [5.41, 5.74) is -1.16. The van der Waals surface area contributed by atoms with Crippen LogP contribution in [-0.4, -0.2) is 45.7 Å². The maximum Gasteiger partial charge on any atom is 0.322 e. The van der Waals surface area contributed by atoms with Crippen LogP contribution in [0, 0.1) is 0 Å². The molecule has 2 aliphatic heterocycles. The highest BCUT2D eigenvalue weighted by Crippen LogP contribution is 2.27. The zero-order valence-electron chi connectivity index (χ0n) is 10.3. The van der Waals surface area contributed by atoms with Crippen LogP contribution >= 0.6 is 0 Å². The molecule has 0 aliphatic carbocycles. The highest BCUT2D eigenvalue weighted by molar-refractivity contribution is 6.09. The van der Waals surface area contributed by atoms with Crippen molar-refractivity contribution in [1.82, 2.24) is 10.2 Å². The Morgan fingerprint density at radius 2 is 2.26 bits per heavy atom. The van der Waals surface area contributed by atoms with Gasteiger partial charge in [0.15, 0.2) is 0 Å². The Morgan fingerprint density at radius 3 is 2.95 bits per heavy atom. The van der Waals surface area contributed by atoms with E-state index in [1.165, 1.54) is 0 Å². The summed E-state index contributed by atoms with van der Waals surface area (Å²) in [6.45, 7) is 1.10. The van der Waals surface area contributed by atoms with Crippen LogP contribution in [0.15, 0.2) is 29.4 Å². The Morgan fingerprint density at radius 1 is 1.53 bits per heavy atom. The molecule has 2 N–H and O–H groups in total. The normalized spacial score (nSPS) is 24.8. The van der Waals surface area contributed by atoms with Crippen molar-refractivity contribution < 1.29 is 19.5 Å². The molecule has 19 heavy (non-hydrogen) atoms. The van der Waals surface area contributed by atoms with Gasteiger partial charge in [-0.05, 0) is 19.1 Å². The van der Waals surface area contributed by atoms with E-state index in [-0.39, 0.29) is 6.42 Å². The molecule has 0 aromatic heterocycles. The monoisotopic (exact) mass is 263 g/mol. The summed E-state index contributed by atoms with van der Waals surface area (Å²) in [6, 6.07) is 0. The Labute approximate surface area is 109 Å². The molecule has 0 saturated carbocycles. The number of nitrogens with one attached hydrogen (secondary N) is 1. The molecule has 0 saturated heterocycles.